The SMILES string of the molecule is CCCc1cc2cc-2c1CCC. The summed E-state index contributed by atoms with van der Waals surface area (Å²) in [5, 5.41) is 0. The normalized spacial score (nSPS) is 11.8. The molecule has 0 radical (unpaired) electrons. The summed E-state index contributed by atoms with van der Waals surface area (Å²) in [5.74, 6) is 0. The first-order valence-corrected chi connectivity index (χ1v) is 5.03. The van der Waals surface area contributed by atoms with Crippen LogP contribution >= 0.6 is 0 Å². The summed E-state index contributed by atoms with van der Waals surface area (Å²) >= 11 is 0. The van der Waals surface area contributed by atoms with Crippen molar-refractivity contribution in [1.82, 2.24) is 0 Å². The molecule has 0 atom stereocenters. The van der Waals surface area contributed by atoms with Crippen LogP contribution in [0.2, 0.25) is 0 Å². The summed E-state index contributed by atoms with van der Waals surface area (Å²) < 4.78 is 0. The van der Waals surface area contributed by atoms with Crippen LogP contribution in [0, 0.1) is 0 Å². The molecule has 0 aliphatic heterocycles. The van der Waals surface area contributed by atoms with Gasteiger partial charge in [0, 0.05) is 0 Å². The monoisotopic (exact) mass is 160 g/mol. The summed E-state index contributed by atoms with van der Waals surface area (Å²) in [4.78, 5) is 0. The second-order valence-electron chi connectivity index (χ2n) is 3.66. The molecule has 0 aromatic carbocycles. The number of aryl methyl sites for hydroxylation is 1. The van der Waals surface area contributed by atoms with Crippen LogP contribution in [0.15, 0.2) is 12.1 Å². The molecule has 2 aliphatic rings. The molecular formula is C12H16. The number of hydrogen-bond acceptors (Lipinski definition) is 0. The van der Waals surface area contributed by atoms with Gasteiger partial charge in [0.25, 0.3) is 0 Å². The smallest absolute Gasteiger partial charge is 0.0143 e. The largest absolute Gasteiger partial charge is 0.0651 e. The van der Waals surface area contributed by atoms with E-state index >= 15 is 0 Å². The number of rotatable bonds is 4. The van der Waals surface area contributed by atoms with Crippen molar-refractivity contribution < 1.29 is 0 Å². The minimum Gasteiger partial charge on any atom is -0.0651 e. The van der Waals surface area contributed by atoms with E-state index in [0.29, 0.717) is 0 Å². The Labute approximate surface area is 74.6 Å². The molecular weight excluding hydrogens is 144 g/mol. The van der Waals surface area contributed by atoms with E-state index in [-0.39, 0.29) is 0 Å². The zero-order chi connectivity index (χ0) is 8.55. The van der Waals surface area contributed by atoms with Crippen molar-refractivity contribution in [3.63, 3.8) is 0 Å². The van der Waals surface area contributed by atoms with Gasteiger partial charge in [0.15, 0.2) is 0 Å². The first kappa shape index (κ1) is 7.85. The van der Waals surface area contributed by atoms with Crippen molar-refractivity contribution in [3.8, 4) is 11.1 Å². The van der Waals surface area contributed by atoms with Gasteiger partial charge in [0.05, 0.1) is 0 Å². The van der Waals surface area contributed by atoms with Gasteiger partial charge >= 0.3 is 0 Å². The minimum atomic E-state index is 1.27. The molecule has 2 aliphatic carbocycles. The summed E-state index contributed by atoms with van der Waals surface area (Å²) in [7, 11) is 0. The lowest BCUT2D eigenvalue weighted by Gasteiger charge is -2.01. The highest BCUT2D eigenvalue weighted by Gasteiger charge is 2.20. The maximum absolute atomic E-state index is 2.38. The van der Waals surface area contributed by atoms with Crippen LogP contribution < -0.4 is 0 Å². The van der Waals surface area contributed by atoms with E-state index in [1.807, 2.05) is 0 Å². The highest BCUT2D eigenvalue weighted by atomic mass is 14.2. The average molecular weight is 160 g/mol. The first-order chi connectivity index (χ1) is 5.86. The molecule has 0 fully saturated rings. The Kier molecular flexibility index (Phi) is 1.92. The lowest BCUT2D eigenvalue weighted by atomic mass is 10.0. The topological polar surface area (TPSA) is 0 Å². The van der Waals surface area contributed by atoms with E-state index in [1.54, 1.807) is 16.7 Å². The Morgan fingerprint density at radius 2 is 1.75 bits per heavy atom. The average Bonchev–Trinajstić information content (AvgIpc) is 2.73. The van der Waals surface area contributed by atoms with Crippen molar-refractivity contribution >= 4 is 0 Å². The van der Waals surface area contributed by atoms with Gasteiger partial charge in [-0.05, 0) is 41.2 Å². The summed E-state index contributed by atoms with van der Waals surface area (Å²) in [5.41, 5.74) is 6.35. The molecule has 0 heteroatoms. The number of benzene rings is 1. The van der Waals surface area contributed by atoms with Crippen LogP contribution in [-0.4, -0.2) is 0 Å². The van der Waals surface area contributed by atoms with Gasteiger partial charge in [-0.3, -0.25) is 0 Å². The van der Waals surface area contributed by atoms with Gasteiger partial charge in [-0.15, -0.1) is 0 Å². The molecule has 0 heterocycles. The Balaban J connectivity index is 2.20. The molecule has 12 heavy (non-hydrogen) atoms. The van der Waals surface area contributed by atoms with E-state index in [2.05, 4.69) is 26.0 Å². The highest BCUT2D eigenvalue weighted by Crippen LogP contribution is 2.42. The molecule has 0 amide bonds. The predicted molar refractivity (Wildman–Crippen MR) is 53.4 cm³/mol. The Bertz CT molecular complexity index is 297. The van der Waals surface area contributed by atoms with E-state index in [1.165, 1.54) is 31.2 Å². The molecule has 0 aromatic rings. The molecule has 64 valence electrons. The van der Waals surface area contributed by atoms with E-state index < -0.39 is 0 Å². The molecule has 0 saturated heterocycles. The maximum atomic E-state index is 2.38. The predicted octanol–water partition coefficient (Wildman–Crippen LogP) is 3.57. The number of hydrogen-bond donors (Lipinski definition) is 0. The fraction of sp³-hybridized carbons (Fsp3) is 0.500. The zero-order valence-corrected chi connectivity index (χ0v) is 7.98. The Hall–Kier alpha value is -0.780. The third-order valence-corrected chi connectivity index (χ3v) is 2.59. The molecule has 2 rings (SSSR count). The van der Waals surface area contributed by atoms with Crippen LogP contribution in [0.5, 0.6) is 0 Å². The van der Waals surface area contributed by atoms with Crippen LogP contribution in [0.1, 0.15) is 37.8 Å². The van der Waals surface area contributed by atoms with Gasteiger partial charge in [-0.25, -0.2) is 0 Å². The van der Waals surface area contributed by atoms with Gasteiger partial charge in [0.2, 0.25) is 0 Å². The molecule has 0 spiro atoms. The van der Waals surface area contributed by atoms with E-state index in [4.69, 9.17) is 0 Å². The molecule has 0 nitrogen and oxygen atoms in total. The maximum Gasteiger partial charge on any atom is -0.0143 e. The van der Waals surface area contributed by atoms with E-state index in [0.717, 1.165) is 0 Å². The highest BCUT2D eigenvalue weighted by molar-refractivity contribution is 5.86. The fourth-order valence-electron chi connectivity index (χ4n) is 1.99. The van der Waals surface area contributed by atoms with Gasteiger partial charge in [0.1, 0.15) is 0 Å². The first-order valence-electron chi connectivity index (χ1n) is 5.03. The van der Waals surface area contributed by atoms with Crippen LogP contribution in [0.25, 0.3) is 11.1 Å². The Morgan fingerprint density at radius 3 is 2.42 bits per heavy atom. The van der Waals surface area contributed by atoms with E-state index in [9.17, 15) is 0 Å². The van der Waals surface area contributed by atoms with Crippen LogP contribution in [0.4, 0.5) is 0 Å². The molecule has 0 bridgehead atoms. The van der Waals surface area contributed by atoms with Crippen molar-refractivity contribution in [1.29, 1.82) is 0 Å². The third kappa shape index (κ3) is 1.16. The number of fused-ring (bicyclic) bond motifs is 1. The quantitative estimate of drug-likeness (QED) is 0.641. The molecule has 0 saturated carbocycles. The second kappa shape index (κ2) is 2.93. The van der Waals surface area contributed by atoms with Crippen molar-refractivity contribution in [2.24, 2.45) is 0 Å². The molecule has 0 aromatic heterocycles. The third-order valence-electron chi connectivity index (χ3n) is 2.59. The van der Waals surface area contributed by atoms with Crippen molar-refractivity contribution in [2.45, 2.75) is 39.5 Å². The summed E-state index contributed by atoms with van der Waals surface area (Å²) in [6, 6.07) is 4.69. The zero-order valence-electron chi connectivity index (χ0n) is 7.98. The van der Waals surface area contributed by atoms with Gasteiger partial charge in [-0.2, -0.15) is 0 Å². The Morgan fingerprint density at radius 1 is 1.00 bits per heavy atom. The van der Waals surface area contributed by atoms with Gasteiger partial charge < -0.3 is 0 Å². The summed E-state index contributed by atoms with van der Waals surface area (Å²) in [6.45, 7) is 4.52. The lowest BCUT2D eigenvalue weighted by molar-refractivity contribution is 0.871. The van der Waals surface area contributed by atoms with Crippen LogP contribution in [0.3, 0.4) is 0 Å². The van der Waals surface area contributed by atoms with Crippen LogP contribution in [-0.2, 0) is 12.8 Å². The standard InChI is InChI=1S/C12H16/c1-3-5-9-7-10-8-12(10)11(9)6-4-2/h7-8H,3-6H2,1-2H3. The van der Waals surface area contributed by atoms with Gasteiger partial charge in [-0.1, -0.05) is 32.8 Å². The molecule has 0 unspecified atom stereocenters. The minimum absolute atomic E-state index is 1.27. The van der Waals surface area contributed by atoms with Crippen molar-refractivity contribution in [2.75, 3.05) is 0 Å². The lowest BCUT2D eigenvalue weighted by Crippen LogP contribution is -1.88. The molecule has 0 N–H and O–H groups in total. The van der Waals surface area contributed by atoms with Crippen molar-refractivity contribution in [3.05, 3.63) is 23.3 Å². The fourth-order valence-corrected chi connectivity index (χ4v) is 1.99. The second-order valence-corrected chi connectivity index (χ2v) is 3.66. The summed E-state index contributed by atoms with van der Waals surface area (Å²) in [6.07, 6.45) is 5.11.